The molecule has 1 unspecified atom stereocenters. The van der Waals surface area contributed by atoms with E-state index in [0.29, 0.717) is 51.3 Å². The standard InChI is InChI=1S/C10H18O3.C10H16O2.2C10H18O.C9H16O3.C8H14O2.C8H14O/c1-5-12-9(11)7-6-8-13-10(2,3)4;1-6-8(10(3,4)5)12-9(11)7-2;2*1-8(2)6-9(11)7-10(3,4)5;1-5-11-9(10)8(4)6-12-7(2)3;1-5-7(9)10-6-8(2,3)4;1-5-7(9)6-8(2,3)4/h6-7H,5,8H2,1-4H3;6-8H,1-2H2,3-5H3;2*6H,7H2,1-5H3;7H,4-6H2,1-3H3;5H,1,6H2,2-4H3;5H,1,6H2,2-4H3/b7-6+;;;;;;. The predicted octanol–water partition coefficient (Wildman–Crippen LogP) is 15.6. The van der Waals surface area contributed by atoms with Crippen molar-refractivity contribution >= 4 is 41.2 Å². The highest BCUT2D eigenvalue weighted by atomic mass is 16.6. The molecular weight excluding hydrogens is 989 g/mol. The Kier molecular flexibility index (Phi) is 50.6. The maximum Gasteiger partial charge on any atom is 0.335 e. The lowest BCUT2D eigenvalue weighted by molar-refractivity contribution is -0.145. The number of carbonyl (C=O) groups is 7. The maximum absolute atomic E-state index is 11.2. The van der Waals surface area contributed by atoms with Crippen molar-refractivity contribution in [3.63, 3.8) is 0 Å². The number of rotatable bonds is 20. The van der Waals surface area contributed by atoms with E-state index in [-0.39, 0.29) is 86.7 Å². The van der Waals surface area contributed by atoms with Crippen molar-refractivity contribution in [3.8, 4) is 0 Å². The normalized spacial score (nSPS) is 11.3. The largest absolute Gasteiger partial charge is 0.463 e. The molecular formula is C65H114O13. The Bertz CT molecular complexity index is 1830. The molecule has 13 heteroatoms. The van der Waals surface area contributed by atoms with Gasteiger partial charge < -0.3 is 28.4 Å². The van der Waals surface area contributed by atoms with Crippen LogP contribution in [0, 0.1) is 27.1 Å². The minimum Gasteiger partial charge on any atom is -0.463 e. The third-order valence-electron chi connectivity index (χ3n) is 7.84. The fourth-order valence-corrected chi connectivity index (χ4v) is 4.68. The summed E-state index contributed by atoms with van der Waals surface area (Å²) >= 11 is 0. The Labute approximate surface area is 476 Å². The van der Waals surface area contributed by atoms with Gasteiger partial charge in [-0.2, -0.15) is 0 Å². The summed E-state index contributed by atoms with van der Waals surface area (Å²) < 4.78 is 29.8. The van der Waals surface area contributed by atoms with Crippen molar-refractivity contribution in [2.75, 3.05) is 33.0 Å². The Morgan fingerprint density at radius 1 is 0.513 bits per heavy atom. The van der Waals surface area contributed by atoms with Crippen LogP contribution in [0.25, 0.3) is 0 Å². The molecule has 1 atom stereocenters. The summed E-state index contributed by atoms with van der Waals surface area (Å²) in [5.41, 5.74) is 2.62. The summed E-state index contributed by atoms with van der Waals surface area (Å²) in [5, 5.41) is 0. The Morgan fingerprint density at radius 3 is 1.18 bits per heavy atom. The zero-order chi connectivity index (χ0) is 63.5. The fraction of sp³-hybridized carbons (Fsp3) is 0.646. The van der Waals surface area contributed by atoms with Crippen molar-refractivity contribution in [1.29, 1.82) is 0 Å². The molecule has 13 nitrogen and oxygen atoms in total. The van der Waals surface area contributed by atoms with Gasteiger partial charge in [0, 0.05) is 42.9 Å². The van der Waals surface area contributed by atoms with Crippen LogP contribution in [0.4, 0.5) is 0 Å². The molecule has 0 aliphatic heterocycles. The summed E-state index contributed by atoms with van der Waals surface area (Å²) in [6, 6.07) is 0. The first kappa shape index (κ1) is 86.6. The number of ketones is 3. The van der Waals surface area contributed by atoms with Crippen LogP contribution in [-0.4, -0.2) is 92.1 Å². The van der Waals surface area contributed by atoms with Gasteiger partial charge in [-0.1, -0.05) is 160 Å². The highest BCUT2D eigenvalue weighted by Gasteiger charge is 2.24. The SMILES string of the molecule is C=C(COC(C)C)C(=O)OCC.C=CC(=O)CC(C)(C)C.C=CC(=O)OC(C=C)C(C)(C)C.C=CC(=O)OCC(C)(C)C.CC(C)=CC(=O)CC(C)(C)C.CC(C)=CC(=O)CC(C)(C)C.CCOC(=O)/C=C/COC(C)(C)C. The van der Waals surface area contributed by atoms with E-state index < -0.39 is 5.97 Å². The average Bonchev–Trinajstić information content (AvgIpc) is 3.23. The second-order valence-electron chi connectivity index (χ2n) is 25.6. The smallest absolute Gasteiger partial charge is 0.335 e. The Morgan fingerprint density at radius 2 is 0.910 bits per heavy atom. The maximum atomic E-state index is 11.2. The lowest BCUT2D eigenvalue weighted by Gasteiger charge is -2.26. The summed E-state index contributed by atoms with van der Waals surface area (Å²) in [6.07, 6.45) is 13.5. The Balaban J connectivity index is -0.000000151. The van der Waals surface area contributed by atoms with Crippen molar-refractivity contribution in [2.24, 2.45) is 27.1 Å². The number of ether oxygens (including phenoxy) is 6. The molecule has 78 heavy (non-hydrogen) atoms. The lowest BCUT2D eigenvalue weighted by Crippen LogP contribution is -2.28. The predicted molar refractivity (Wildman–Crippen MR) is 325 cm³/mol. The monoisotopic (exact) mass is 1100 g/mol. The topological polar surface area (TPSA) is 175 Å². The molecule has 0 amide bonds. The molecule has 0 aliphatic rings. The Hall–Kier alpha value is -5.27. The molecule has 0 saturated heterocycles. The minimum atomic E-state index is -0.408. The molecule has 452 valence electrons. The van der Waals surface area contributed by atoms with Crippen molar-refractivity contribution < 1.29 is 62.0 Å². The summed E-state index contributed by atoms with van der Waals surface area (Å²) in [7, 11) is 0. The van der Waals surface area contributed by atoms with E-state index in [1.165, 1.54) is 18.2 Å². The first-order valence-corrected chi connectivity index (χ1v) is 26.7. The molecule has 0 spiro atoms. The summed E-state index contributed by atoms with van der Waals surface area (Å²) in [5.74, 6) is -0.861. The van der Waals surface area contributed by atoms with Crippen LogP contribution < -0.4 is 0 Å². The van der Waals surface area contributed by atoms with E-state index in [0.717, 1.165) is 17.2 Å². The van der Waals surface area contributed by atoms with E-state index in [9.17, 15) is 33.6 Å². The van der Waals surface area contributed by atoms with Crippen molar-refractivity contribution in [3.05, 3.63) is 98.2 Å². The molecule has 0 aromatic carbocycles. The third-order valence-corrected chi connectivity index (χ3v) is 7.84. The first-order chi connectivity index (χ1) is 35.0. The molecule has 0 bridgehead atoms. The minimum absolute atomic E-state index is 0.0403. The van der Waals surface area contributed by atoms with Crippen LogP contribution in [-0.2, 0) is 62.0 Å². The van der Waals surface area contributed by atoms with Gasteiger partial charge in [-0.3, -0.25) is 14.4 Å². The lowest BCUT2D eigenvalue weighted by atomic mass is 9.89. The van der Waals surface area contributed by atoms with Crippen LogP contribution in [0.2, 0.25) is 0 Å². The van der Waals surface area contributed by atoms with E-state index in [2.05, 4.69) is 74.4 Å². The molecule has 0 aromatic rings. The quantitative estimate of drug-likeness (QED) is 0.0488. The molecule has 0 N–H and O–H groups in total. The van der Waals surface area contributed by atoms with E-state index >= 15 is 0 Å². The summed E-state index contributed by atoms with van der Waals surface area (Å²) in [6.45, 7) is 70.6. The molecule has 0 fully saturated rings. The molecule has 0 radical (unpaired) electrons. The second-order valence-corrected chi connectivity index (χ2v) is 25.6. The van der Waals surface area contributed by atoms with Gasteiger partial charge in [-0.25, -0.2) is 19.2 Å². The number of hydrogen-bond acceptors (Lipinski definition) is 13. The first-order valence-electron chi connectivity index (χ1n) is 26.7. The molecule has 0 aromatic heterocycles. The molecule has 0 heterocycles. The zero-order valence-corrected chi connectivity index (χ0v) is 54.3. The highest BCUT2D eigenvalue weighted by Crippen LogP contribution is 2.23. The molecule has 0 aliphatic carbocycles. The van der Waals surface area contributed by atoms with E-state index in [4.69, 9.17) is 28.4 Å². The third kappa shape index (κ3) is 82.1. The van der Waals surface area contributed by atoms with Crippen LogP contribution in [0.1, 0.15) is 199 Å². The number of hydrogen-bond donors (Lipinski definition) is 0. The second kappa shape index (κ2) is 45.6. The van der Waals surface area contributed by atoms with Gasteiger partial charge in [0.05, 0.1) is 50.3 Å². The van der Waals surface area contributed by atoms with Crippen molar-refractivity contribution in [1.82, 2.24) is 0 Å². The van der Waals surface area contributed by atoms with Crippen LogP contribution >= 0.6 is 0 Å². The van der Waals surface area contributed by atoms with Gasteiger partial charge in [0.2, 0.25) is 0 Å². The number of carbonyl (C=O) groups excluding carboxylic acids is 7. The number of allylic oxidation sites excluding steroid dienone is 5. The van der Waals surface area contributed by atoms with Crippen LogP contribution in [0.5, 0.6) is 0 Å². The van der Waals surface area contributed by atoms with Gasteiger partial charge in [0.1, 0.15) is 6.10 Å². The summed E-state index contributed by atoms with van der Waals surface area (Å²) in [4.78, 5) is 76.2. The molecule has 0 saturated carbocycles. The van der Waals surface area contributed by atoms with Crippen LogP contribution in [0.15, 0.2) is 98.2 Å². The van der Waals surface area contributed by atoms with E-state index in [1.54, 1.807) is 38.2 Å². The van der Waals surface area contributed by atoms with Gasteiger partial charge in [-0.15, -0.1) is 0 Å². The van der Waals surface area contributed by atoms with Gasteiger partial charge in [0.15, 0.2) is 17.3 Å². The zero-order valence-electron chi connectivity index (χ0n) is 54.3. The highest BCUT2D eigenvalue weighted by molar-refractivity contribution is 5.91. The number of esters is 4. The van der Waals surface area contributed by atoms with Gasteiger partial charge in [0.25, 0.3) is 0 Å². The van der Waals surface area contributed by atoms with Crippen molar-refractivity contribution in [2.45, 2.75) is 217 Å². The fourth-order valence-electron chi connectivity index (χ4n) is 4.68. The molecule has 0 rings (SSSR count). The van der Waals surface area contributed by atoms with Gasteiger partial charge in [-0.05, 0) is 116 Å². The van der Waals surface area contributed by atoms with Crippen LogP contribution in [0.3, 0.4) is 0 Å². The average molecular weight is 1100 g/mol. The van der Waals surface area contributed by atoms with E-state index in [1.807, 2.05) is 125 Å². The van der Waals surface area contributed by atoms with Gasteiger partial charge >= 0.3 is 23.9 Å².